The molecule has 1 aliphatic rings. The van der Waals surface area contributed by atoms with Crippen LogP contribution in [0.4, 0.5) is 0 Å². The molecule has 0 amide bonds. The first kappa shape index (κ1) is 21.5. The molecule has 6 nitrogen and oxygen atoms in total. The smallest absolute Gasteiger partial charge is 0.363 e. The molecular weight excluding hydrogens is 474 g/mol. The highest BCUT2D eigenvalue weighted by Crippen LogP contribution is 2.30. The Bertz CT molecular complexity index is 1220. The van der Waals surface area contributed by atoms with Gasteiger partial charge in [0.1, 0.15) is 0 Å². The van der Waals surface area contributed by atoms with Crippen molar-refractivity contribution in [3.8, 4) is 11.5 Å². The van der Waals surface area contributed by atoms with E-state index in [-0.39, 0.29) is 24.0 Å². The molecule has 0 fully saturated rings. The maximum Gasteiger partial charge on any atom is 0.363 e. The summed E-state index contributed by atoms with van der Waals surface area (Å²) in [4.78, 5) is 28.8. The number of cyclic esters (lactones) is 1. The van der Waals surface area contributed by atoms with Crippen LogP contribution >= 0.6 is 15.9 Å². The summed E-state index contributed by atoms with van der Waals surface area (Å²) in [5.74, 6) is 0.439. The highest BCUT2D eigenvalue weighted by atomic mass is 79.9. The van der Waals surface area contributed by atoms with E-state index in [1.807, 2.05) is 30.3 Å². The number of carbonyl (C=O) groups excluding carboxylic acids is 2. The Labute approximate surface area is 193 Å². The van der Waals surface area contributed by atoms with E-state index in [0.717, 1.165) is 4.47 Å². The molecule has 0 saturated carbocycles. The fraction of sp³-hybridized carbons (Fsp3) is 0.0800. The molecule has 0 unspecified atom stereocenters. The minimum Gasteiger partial charge on any atom is -0.493 e. The summed E-state index contributed by atoms with van der Waals surface area (Å²) < 4.78 is 17.3. The average molecular weight is 492 g/mol. The summed E-state index contributed by atoms with van der Waals surface area (Å²) in [5.41, 5.74) is 2.13. The highest BCUT2D eigenvalue weighted by Gasteiger charge is 2.24. The highest BCUT2D eigenvalue weighted by molar-refractivity contribution is 9.10. The fourth-order valence-electron chi connectivity index (χ4n) is 3.03. The summed E-state index contributed by atoms with van der Waals surface area (Å²) in [6.07, 6.45) is 1.61. The zero-order chi connectivity index (χ0) is 22.5. The maximum absolute atomic E-state index is 12.3. The van der Waals surface area contributed by atoms with Gasteiger partial charge < -0.3 is 14.2 Å². The number of ether oxygens (including phenoxy) is 3. The van der Waals surface area contributed by atoms with E-state index in [4.69, 9.17) is 14.2 Å². The van der Waals surface area contributed by atoms with Crippen molar-refractivity contribution in [3.05, 3.63) is 99.7 Å². The number of nitrogens with zero attached hydrogens (tertiary/aromatic N) is 1. The zero-order valence-electron chi connectivity index (χ0n) is 17.1. The van der Waals surface area contributed by atoms with E-state index in [9.17, 15) is 9.59 Å². The van der Waals surface area contributed by atoms with Crippen LogP contribution in [0.25, 0.3) is 6.08 Å². The summed E-state index contributed by atoms with van der Waals surface area (Å²) in [7, 11) is 1.51. The van der Waals surface area contributed by atoms with Gasteiger partial charge in [-0.15, -0.1) is 0 Å². The van der Waals surface area contributed by atoms with Gasteiger partial charge in [0.05, 0.1) is 7.11 Å². The van der Waals surface area contributed by atoms with Gasteiger partial charge in [-0.05, 0) is 48.0 Å². The van der Waals surface area contributed by atoms with E-state index in [1.165, 1.54) is 7.11 Å². The second kappa shape index (κ2) is 9.62. The molecule has 160 valence electrons. The Hall–Kier alpha value is -3.71. The lowest BCUT2D eigenvalue weighted by Crippen LogP contribution is -2.11. The molecule has 3 aromatic rings. The molecule has 7 heteroatoms. The van der Waals surface area contributed by atoms with Crippen LogP contribution < -0.4 is 9.47 Å². The number of methoxy groups -OCH3 is 1. The quantitative estimate of drug-likeness (QED) is 0.262. The molecule has 3 aromatic carbocycles. The molecule has 0 atom stereocenters. The number of hydrogen-bond acceptors (Lipinski definition) is 6. The van der Waals surface area contributed by atoms with Crippen LogP contribution in [-0.4, -0.2) is 31.4 Å². The van der Waals surface area contributed by atoms with Gasteiger partial charge >= 0.3 is 5.97 Å². The van der Waals surface area contributed by atoms with E-state index in [1.54, 1.807) is 48.5 Å². The number of Topliss-reactive ketones (excluding diaryl/α,β-unsaturated/α-hetero) is 1. The van der Waals surface area contributed by atoms with Crippen molar-refractivity contribution in [2.24, 2.45) is 4.99 Å². The van der Waals surface area contributed by atoms with Crippen molar-refractivity contribution in [2.75, 3.05) is 13.7 Å². The first-order valence-corrected chi connectivity index (χ1v) is 10.5. The average Bonchev–Trinajstić information content (AvgIpc) is 3.18. The molecule has 4 rings (SSSR count). The number of rotatable bonds is 7. The van der Waals surface area contributed by atoms with Crippen LogP contribution in [0, 0.1) is 0 Å². The molecule has 0 bridgehead atoms. The Morgan fingerprint density at radius 1 is 1.03 bits per heavy atom. The lowest BCUT2D eigenvalue weighted by atomic mass is 10.1. The van der Waals surface area contributed by atoms with Gasteiger partial charge in [0.15, 0.2) is 29.6 Å². The number of carbonyl (C=O) groups is 2. The molecule has 0 aromatic heterocycles. The normalized spacial score (nSPS) is 14.1. The largest absolute Gasteiger partial charge is 0.493 e. The molecule has 1 aliphatic heterocycles. The van der Waals surface area contributed by atoms with Crippen LogP contribution in [0.1, 0.15) is 21.5 Å². The van der Waals surface area contributed by atoms with Crippen molar-refractivity contribution < 1.29 is 23.8 Å². The third-order valence-electron chi connectivity index (χ3n) is 4.66. The Morgan fingerprint density at radius 3 is 2.50 bits per heavy atom. The van der Waals surface area contributed by atoms with Crippen LogP contribution in [0.3, 0.4) is 0 Å². The van der Waals surface area contributed by atoms with Gasteiger partial charge in [-0.25, -0.2) is 9.79 Å². The first-order chi connectivity index (χ1) is 15.5. The number of halogens is 1. The van der Waals surface area contributed by atoms with E-state index in [0.29, 0.717) is 28.2 Å². The van der Waals surface area contributed by atoms with Gasteiger partial charge in [-0.3, -0.25) is 4.79 Å². The van der Waals surface area contributed by atoms with E-state index >= 15 is 0 Å². The van der Waals surface area contributed by atoms with E-state index in [2.05, 4.69) is 20.9 Å². The zero-order valence-corrected chi connectivity index (χ0v) is 18.7. The fourth-order valence-corrected chi connectivity index (χ4v) is 3.29. The lowest BCUT2D eigenvalue weighted by Gasteiger charge is -2.11. The minimum atomic E-state index is -0.532. The van der Waals surface area contributed by atoms with Gasteiger partial charge in [0, 0.05) is 15.6 Å². The molecular formula is C25H18BrNO5. The monoisotopic (exact) mass is 491 g/mol. The molecule has 0 spiro atoms. The minimum absolute atomic E-state index is 0.117. The van der Waals surface area contributed by atoms with Crippen LogP contribution in [-0.2, 0) is 9.53 Å². The van der Waals surface area contributed by atoms with Crippen molar-refractivity contribution in [1.29, 1.82) is 0 Å². The van der Waals surface area contributed by atoms with Crippen LogP contribution in [0.15, 0.2) is 88.0 Å². The maximum atomic E-state index is 12.3. The van der Waals surface area contributed by atoms with Crippen molar-refractivity contribution in [3.63, 3.8) is 0 Å². The van der Waals surface area contributed by atoms with Gasteiger partial charge in [-0.1, -0.05) is 52.3 Å². The van der Waals surface area contributed by atoms with Crippen molar-refractivity contribution in [2.45, 2.75) is 0 Å². The standard InChI is InChI=1S/C25H18BrNO5/c1-30-23-14-16(7-12-22(23)31-15-21(28)17-5-3-2-4-6-17)13-20-25(29)32-24(27-20)18-8-10-19(26)11-9-18/h2-14H,15H2,1H3/b20-13-. The second-order valence-corrected chi connectivity index (χ2v) is 7.75. The molecule has 32 heavy (non-hydrogen) atoms. The van der Waals surface area contributed by atoms with Crippen LogP contribution in [0.5, 0.6) is 11.5 Å². The molecule has 0 radical (unpaired) electrons. The number of benzene rings is 3. The number of hydrogen-bond donors (Lipinski definition) is 0. The van der Waals surface area contributed by atoms with Crippen LogP contribution in [0.2, 0.25) is 0 Å². The van der Waals surface area contributed by atoms with Gasteiger partial charge in [0.2, 0.25) is 5.90 Å². The molecule has 0 aliphatic carbocycles. The number of ketones is 1. The topological polar surface area (TPSA) is 74.2 Å². The van der Waals surface area contributed by atoms with Crippen molar-refractivity contribution >= 4 is 39.7 Å². The number of aliphatic imine (C=N–C) groups is 1. The Balaban J connectivity index is 1.51. The molecule has 0 N–H and O–H groups in total. The summed E-state index contributed by atoms with van der Waals surface area (Å²) >= 11 is 3.37. The third kappa shape index (κ3) is 4.95. The Kier molecular flexibility index (Phi) is 6.47. The molecule has 1 heterocycles. The Morgan fingerprint density at radius 2 is 1.78 bits per heavy atom. The summed E-state index contributed by atoms with van der Waals surface area (Å²) in [5, 5.41) is 0. The van der Waals surface area contributed by atoms with Gasteiger partial charge in [-0.2, -0.15) is 0 Å². The van der Waals surface area contributed by atoms with Gasteiger partial charge in [0.25, 0.3) is 0 Å². The van der Waals surface area contributed by atoms with E-state index < -0.39 is 5.97 Å². The summed E-state index contributed by atoms with van der Waals surface area (Å²) in [6, 6.07) is 21.4. The SMILES string of the molecule is COc1cc(/C=C2\N=C(c3ccc(Br)cc3)OC2=O)ccc1OCC(=O)c1ccccc1. The lowest BCUT2D eigenvalue weighted by molar-refractivity contribution is -0.129. The number of esters is 1. The third-order valence-corrected chi connectivity index (χ3v) is 5.19. The predicted molar refractivity (Wildman–Crippen MR) is 124 cm³/mol. The predicted octanol–water partition coefficient (Wildman–Crippen LogP) is 5.06. The molecule has 0 saturated heterocycles. The first-order valence-electron chi connectivity index (χ1n) is 9.71. The summed E-state index contributed by atoms with van der Waals surface area (Å²) in [6.45, 7) is -0.117. The van der Waals surface area contributed by atoms with Crippen molar-refractivity contribution in [1.82, 2.24) is 0 Å². The second-order valence-electron chi connectivity index (χ2n) is 6.83.